The smallest absolute Gasteiger partial charge is 0.128 e. The molecular weight excluding hydrogens is 478 g/mol. The first kappa shape index (κ1) is 27.3. The van der Waals surface area contributed by atoms with Gasteiger partial charge in [0, 0.05) is 35.0 Å². The van der Waals surface area contributed by atoms with Gasteiger partial charge in [0.2, 0.25) is 0 Å². The van der Waals surface area contributed by atoms with Crippen molar-refractivity contribution in [3.63, 3.8) is 0 Å². The summed E-state index contributed by atoms with van der Waals surface area (Å²) >= 11 is 0. The third-order valence-corrected chi connectivity index (χ3v) is 6.55. The van der Waals surface area contributed by atoms with Gasteiger partial charge in [-0.1, -0.05) is 68.3 Å². The Bertz CT molecular complexity index is 1550. The number of hydrogen-bond acceptors (Lipinski definition) is 4. The van der Waals surface area contributed by atoms with Gasteiger partial charge in [-0.3, -0.25) is 0 Å². The summed E-state index contributed by atoms with van der Waals surface area (Å²) in [4.78, 5) is 0. The molecule has 0 radical (unpaired) electrons. The zero-order valence-electron chi connectivity index (χ0n) is 23.3. The fraction of sp³-hybridized carbons (Fsp3) is 0.147. The zero-order chi connectivity index (χ0) is 27.9. The van der Waals surface area contributed by atoms with E-state index in [1.54, 1.807) is 0 Å². The number of benzene rings is 3. The van der Waals surface area contributed by atoms with E-state index < -0.39 is 0 Å². The Balaban J connectivity index is 1.52. The highest BCUT2D eigenvalue weighted by Gasteiger charge is 2.10. The number of anilines is 2. The number of hydrogen-bond donors (Lipinski definition) is 3. The van der Waals surface area contributed by atoms with Gasteiger partial charge in [0.05, 0.1) is 6.20 Å². The van der Waals surface area contributed by atoms with Crippen LogP contribution in [0.1, 0.15) is 40.4 Å². The maximum atomic E-state index is 4.62. The van der Waals surface area contributed by atoms with Crippen LogP contribution in [-0.2, 0) is 6.54 Å². The molecule has 0 atom stereocenters. The van der Waals surface area contributed by atoms with Crippen LogP contribution in [0.5, 0.6) is 0 Å². The van der Waals surface area contributed by atoms with Crippen molar-refractivity contribution in [1.29, 1.82) is 0 Å². The van der Waals surface area contributed by atoms with E-state index in [2.05, 4.69) is 98.0 Å². The summed E-state index contributed by atoms with van der Waals surface area (Å²) in [6, 6.07) is 24.7. The number of allylic oxidation sites excluding steroid dienone is 3. The lowest BCUT2D eigenvalue weighted by Gasteiger charge is -2.16. The lowest BCUT2D eigenvalue weighted by molar-refractivity contribution is 0.756. The molecule has 4 rings (SSSR count). The summed E-state index contributed by atoms with van der Waals surface area (Å²) in [5.41, 5.74) is 11.3. The average Bonchev–Trinajstić information content (AvgIpc) is 3.24. The van der Waals surface area contributed by atoms with E-state index in [-0.39, 0.29) is 0 Å². The highest BCUT2D eigenvalue weighted by Crippen LogP contribution is 2.23. The highest BCUT2D eigenvalue weighted by molar-refractivity contribution is 5.79. The summed E-state index contributed by atoms with van der Waals surface area (Å²) in [6.07, 6.45) is 3.95. The van der Waals surface area contributed by atoms with Gasteiger partial charge in [0.1, 0.15) is 5.82 Å². The standard InChI is InChI=1S/C34H37N5/c1-23(2)37-32-16-11-14-30(20-32)27(6)38-31-15-10-13-29(19-31)22-35-34(39-28(7)26(5)21-36-39)18-25(4)33-17-9-8-12-24(33)3/h8-21,35,37-38H,1,4,6,22H2,2-3,5,7H3/b34-18-. The average molecular weight is 516 g/mol. The summed E-state index contributed by atoms with van der Waals surface area (Å²) in [6.45, 7) is 21.3. The van der Waals surface area contributed by atoms with Gasteiger partial charge in [-0.15, -0.1) is 0 Å². The molecule has 0 unspecified atom stereocenters. The van der Waals surface area contributed by atoms with Crippen molar-refractivity contribution in [1.82, 2.24) is 15.1 Å². The summed E-state index contributed by atoms with van der Waals surface area (Å²) in [7, 11) is 0. The van der Waals surface area contributed by atoms with Crippen molar-refractivity contribution in [2.45, 2.75) is 34.2 Å². The number of nitrogens with zero attached hydrogens (tertiary/aromatic N) is 2. The summed E-state index contributed by atoms with van der Waals surface area (Å²) in [5, 5.41) is 14.9. The second-order valence-electron chi connectivity index (χ2n) is 9.84. The Hall–Kier alpha value is -4.77. The molecule has 0 aliphatic rings. The summed E-state index contributed by atoms with van der Waals surface area (Å²) in [5.74, 6) is 0.874. The SMILES string of the molecule is C=C(C)Nc1cccc(C(=C)Nc2cccc(CN/C(=C/C(=C)c3ccccc3C)n3ncc(C)c3C)c2)c1. The second-order valence-corrected chi connectivity index (χ2v) is 9.84. The molecule has 0 amide bonds. The van der Waals surface area contributed by atoms with Crippen LogP contribution in [0.2, 0.25) is 0 Å². The third-order valence-electron chi connectivity index (χ3n) is 6.55. The van der Waals surface area contributed by atoms with E-state index in [0.29, 0.717) is 6.54 Å². The Morgan fingerprint density at radius 1 is 0.846 bits per heavy atom. The lowest BCUT2D eigenvalue weighted by atomic mass is 10.0. The molecule has 5 heteroatoms. The largest absolute Gasteiger partial charge is 0.366 e. The minimum absolute atomic E-state index is 0.616. The van der Waals surface area contributed by atoms with Crippen LogP contribution in [0.4, 0.5) is 11.4 Å². The van der Waals surface area contributed by atoms with Crippen molar-refractivity contribution < 1.29 is 0 Å². The maximum Gasteiger partial charge on any atom is 0.128 e. The van der Waals surface area contributed by atoms with Crippen molar-refractivity contribution in [3.05, 3.63) is 144 Å². The number of nitrogens with one attached hydrogen (secondary N) is 3. The Labute approximate surface area is 232 Å². The molecule has 0 fully saturated rings. The van der Waals surface area contributed by atoms with E-state index in [4.69, 9.17) is 0 Å². The Morgan fingerprint density at radius 2 is 1.56 bits per heavy atom. The molecule has 0 bridgehead atoms. The third kappa shape index (κ3) is 6.96. The lowest BCUT2D eigenvalue weighted by Crippen LogP contribution is -2.19. The fourth-order valence-electron chi connectivity index (χ4n) is 4.33. The van der Waals surface area contributed by atoms with E-state index >= 15 is 0 Å². The quantitative estimate of drug-likeness (QED) is 0.177. The van der Waals surface area contributed by atoms with Crippen molar-refractivity contribution >= 4 is 28.5 Å². The van der Waals surface area contributed by atoms with E-state index in [1.807, 2.05) is 60.3 Å². The van der Waals surface area contributed by atoms with Crippen LogP contribution in [0.3, 0.4) is 0 Å². The van der Waals surface area contributed by atoms with E-state index in [1.165, 1.54) is 5.56 Å². The monoisotopic (exact) mass is 515 g/mol. The molecule has 5 nitrogen and oxygen atoms in total. The van der Waals surface area contributed by atoms with Gasteiger partial charge < -0.3 is 16.0 Å². The van der Waals surface area contributed by atoms with Gasteiger partial charge >= 0.3 is 0 Å². The van der Waals surface area contributed by atoms with Crippen molar-refractivity contribution in [3.8, 4) is 0 Å². The first-order valence-corrected chi connectivity index (χ1v) is 13.0. The maximum absolute atomic E-state index is 4.62. The van der Waals surface area contributed by atoms with Crippen LogP contribution in [0.25, 0.3) is 17.1 Å². The molecule has 0 aliphatic heterocycles. The van der Waals surface area contributed by atoms with Crippen molar-refractivity contribution in [2.75, 3.05) is 10.6 Å². The minimum atomic E-state index is 0.616. The van der Waals surface area contributed by atoms with Crippen molar-refractivity contribution in [2.24, 2.45) is 0 Å². The van der Waals surface area contributed by atoms with E-state index in [0.717, 1.165) is 62.1 Å². The van der Waals surface area contributed by atoms with Gasteiger partial charge in [0.15, 0.2) is 0 Å². The van der Waals surface area contributed by atoms with Crippen LogP contribution in [0, 0.1) is 20.8 Å². The Kier molecular flexibility index (Phi) is 8.52. The van der Waals surface area contributed by atoms with Gasteiger partial charge in [-0.2, -0.15) is 5.10 Å². The van der Waals surface area contributed by atoms with Gasteiger partial charge in [-0.05, 0) is 91.4 Å². The Morgan fingerprint density at radius 3 is 2.26 bits per heavy atom. The first-order valence-electron chi connectivity index (χ1n) is 13.0. The first-order chi connectivity index (χ1) is 18.7. The molecular formula is C34H37N5. The van der Waals surface area contributed by atoms with E-state index in [9.17, 15) is 0 Å². The summed E-state index contributed by atoms with van der Waals surface area (Å²) < 4.78 is 1.94. The number of rotatable bonds is 11. The molecule has 1 aromatic heterocycles. The van der Waals surface area contributed by atoms with Crippen LogP contribution < -0.4 is 16.0 Å². The molecule has 3 N–H and O–H groups in total. The second kappa shape index (κ2) is 12.2. The molecule has 198 valence electrons. The number of aryl methyl sites for hydroxylation is 2. The molecule has 3 aromatic carbocycles. The van der Waals surface area contributed by atoms with Crippen LogP contribution in [0.15, 0.2) is 111 Å². The predicted molar refractivity (Wildman–Crippen MR) is 167 cm³/mol. The predicted octanol–water partition coefficient (Wildman–Crippen LogP) is 8.14. The molecule has 39 heavy (non-hydrogen) atoms. The molecule has 0 spiro atoms. The highest BCUT2D eigenvalue weighted by atomic mass is 15.3. The molecule has 0 saturated carbocycles. The normalized spacial score (nSPS) is 11.1. The van der Waals surface area contributed by atoms with Crippen LogP contribution >= 0.6 is 0 Å². The zero-order valence-corrected chi connectivity index (χ0v) is 23.3. The van der Waals surface area contributed by atoms with Gasteiger partial charge in [-0.25, -0.2) is 4.68 Å². The molecule has 4 aromatic rings. The number of aromatic nitrogens is 2. The minimum Gasteiger partial charge on any atom is -0.366 e. The topological polar surface area (TPSA) is 53.9 Å². The molecule has 1 heterocycles. The molecule has 0 saturated heterocycles. The molecule has 0 aliphatic carbocycles. The van der Waals surface area contributed by atoms with Gasteiger partial charge in [0.25, 0.3) is 0 Å². The van der Waals surface area contributed by atoms with Crippen LogP contribution in [-0.4, -0.2) is 9.78 Å². The fourth-order valence-corrected chi connectivity index (χ4v) is 4.33.